The molecule has 2 fully saturated rings. The summed E-state index contributed by atoms with van der Waals surface area (Å²) in [6.07, 6.45) is 10.9. The molecule has 2 aliphatic rings. The van der Waals surface area contributed by atoms with Crippen LogP contribution >= 0.6 is 0 Å². The lowest BCUT2D eigenvalue weighted by atomic mass is 9.95. The van der Waals surface area contributed by atoms with Gasteiger partial charge in [0.05, 0.1) is 5.56 Å². The van der Waals surface area contributed by atoms with Crippen molar-refractivity contribution in [3.05, 3.63) is 53.6 Å². The Kier molecular flexibility index (Phi) is 4.87. The summed E-state index contributed by atoms with van der Waals surface area (Å²) in [5.74, 6) is 1.73. The number of rotatable bonds is 5. The number of amides is 1. The van der Waals surface area contributed by atoms with Gasteiger partial charge >= 0.3 is 0 Å². The first-order valence-corrected chi connectivity index (χ1v) is 9.61. The number of likely N-dealkylation sites (tertiary alicyclic amines) is 1. The maximum absolute atomic E-state index is 13.0. The number of phenols is 1. The van der Waals surface area contributed by atoms with E-state index in [1.54, 1.807) is 24.5 Å². The fraction of sp³-hybridized carbons (Fsp3) is 0.476. The number of carbonyl (C=O) groups is 1. The lowest BCUT2D eigenvalue weighted by molar-refractivity contribution is 0.0601. The van der Waals surface area contributed by atoms with E-state index >= 15 is 0 Å². The summed E-state index contributed by atoms with van der Waals surface area (Å²) in [7, 11) is 0. The largest absolute Gasteiger partial charge is 0.508 e. The smallest absolute Gasteiger partial charge is 0.257 e. The Morgan fingerprint density at radius 1 is 1.08 bits per heavy atom. The van der Waals surface area contributed by atoms with Gasteiger partial charge in [-0.05, 0) is 62.6 Å². The maximum atomic E-state index is 13.0. The van der Waals surface area contributed by atoms with Gasteiger partial charge in [0, 0.05) is 30.9 Å². The van der Waals surface area contributed by atoms with Crippen LogP contribution in [0.2, 0.25) is 0 Å². The van der Waals surface area contributed by atoms with Crippen molar-refractivity contribution in [2.45, 2.75) is 56.9 Å². The molecule has 1 saturated heterocycles. The SMILES string of the molecule is O=C(c1cnc(C2CC2)nc1)N1CCCC[C@@H]1CCc1ccc(O)cc1. The molecular weight excluding hydrogens is 326 g/mol. The fourth-order valence-electron chi connectivity index (χ4n) is 3.73. The van der Waals surface area contributed by atoms with E-state index in [9.17, 15) is 9.90 Å². The van der Waals surface area contributed by atoms with Gasteiger partial charge in [-0.25, -0.2) is 9.97 Å². The molecule has 1 aromatic carbocycles. The van der Waals surface area contributed by atoms with E-state index in [1.807, 2.05) is 17.0 Å². The van der Waals surface area contributed by atoms with Crippen LogP contribution in [0.25, 0.3) is 0 Å². The quantitative estimate of drug-likeness (QED) is 0.892. The third kappa shape index (κ3) is 3.87. The van der Waals surface area contributed by atoms with Crippen molar-refractivity contribution < 1.29 is 9.90 Å². The van der Waals surface area contributed by atoms with Crippen molar-refractivity contribution in [2.24, 2.45) is 0 Å². The van der Waals surface area contributed by atoms with E-state index < -0.39 is 0 Å². The predicted octanol–water partition coefficient (Wildman–Crippen LogP) is 3.69. The number of hydrogen-bond donors (Lipinski definition) is 1. The second-order valence-electron chi connectivity index (χ2n) is 7.46. The molecule has 1 saturated carbocycles. The maximum Gasteiger partial charge on any atom is 0.257 e. The zero-order valence-electron chi connectivity index (χ0n) is 15.0. The normalized spacial score (nSPS) is 20.2. The monoisotopic (exact) mass is 351 g/mol. The summed E-state index contributed by atoms with van der Waals surface area (Å²) in [6.45, 7) is 0.809. The standard InChI is InChI=1S/C21H25N3O2/c25-19-10-5-15(6-11-19)4-9-18-3-1-2-12-24(18)21(26)17-13-22-20(23-14-17)16-7-8-16/h5-6,10-11,13-14,16,18,25H,1-4,7-9,12H2/t18-/m1/s1. The first-order chi connectivity index (χ1) is 12.7. The molecule has 1 aliphatic carbocycles. The van der Waals surface area contributed by atoms with Crippen molar-refractivity contribution in [1.29, 1.82) is 0 Å². The molecule has 1 N–H and O–H groups in total. The van der Waals surface area contributed by atoms with Crippen LogP contribution in [0, 0.1) is 0 Å². The Morgan fingerprint density at radius 3 is 2.50 bits per heavy atom. The molecule has 136 valence electrons. The number of nitrogens with zero attached hydrogens (tertiary/aromatic N) is 3. The first kappa shape index (κ1) is 17.0. The molecule has 2 heterocycles. The van der Waals surface area contributed by atoms with Crippen LogP contribution in [0.5, 0.6) is 5.75 Å². The van der Waals surface area contributed by atoms with E-state index in [2.05, 4.69) is 9.97 Å². The lowest BCUT2D eigenvalue weighted by Gasteiger charge is -2.36. The van der Waals surface area contributed by atoms with Crippen LogP contribution in [-0.2, 0) is 6.42 Å². The van der Waals surface area contributed by atoms with Gasteiger partial charge in [0.1, 0.15) is 11.6 Å². The van der Waals surface area contributed by atoms with Crippen molar-refractivity contribution in [1.82, 2.24) is 14.9 Å². The van der Waals surface area contributed by atoms with E-state index in [0.717, 1.165) is 38.1 Å². The number of aromatic nitrogens is 2. The van der Waals surface area contributed by atoms with Gasteiger partial charge < -0.3 is 10.0 Å². The van der Waals surface area contributed by atoms with Crippen LogP contribution < -0.4 is 0 Å². The zero-order chi connectivity index (χ0) is 17.9. The van der Waals surface area contributed by atoms with Gasteiger partial charge in [-0.3, -0.25) is 4.79 Å². The highest BCUT2D eigenvalue weighted by Crippen LogP contribution is 2.37. The van der Waals surface area contributed by atoms with Crippen molar-refractivity contribution in [2.75, 3.05) is 6.54 Å². The predicted molar refractivity (Wildman–Crippen MR) is 99.1 cm³/mol. The second kappa shape index (κ2) is 7.44. The minimum absolute atomic E-state index is 0.0581. The van der Waals surface area contributed by atoms with Gasteiger partial charge in [0.2, 0.25) is 0 Å². The van der Waals surface area contributed by atoms with E-state index in [1.165, 1.54) is 24.8 Å². The van der Waals surface area contributed by atoms with E-state index in [0.29, 0.717) is 11.5 Å². The Labute approximate surface area is 154 Å². The Bertz CT molecular complexity index is 754. The number of carbonyl (C=O) groups excluding carboxylic acids is 1. The molecule has 4 rings (SSSR count). The summed E-state index contributed by atoms with van der Waals surface area (Å²) in [4.78, 5) is 23.8. The molecule has 0 spiro atoms. The zero-order valence-corrected chi connectivity index (χ0v) is 15.0. The average Bonchev–Trinajstić information content (AvgIpc) is 3.53. The average molecular weight is 351 g/mol. The number of phenolic OH excluding ortho intramolecular Hbond substituents is 1. The highest BCUT2D eigenvalue weighted by atomic mass is 16.3. The molecule has 1 aliphatic heterocycles. The van der Waals surface area contributed by atoms with Crippen LogP contribution in [0.3, 0.4) is 0 Å². The topological polar surface area (TPSA) is 66.3 Å². The summed E-state index contributed by atoms with van der Waals surface area (Å²) in [5.41, 5.74) is 1.80. The van der Waals surface area contributed by atoms with Gasteiger partial charge in [0.15, 0.2) is 0 Å². The number of hydrogen-bond acceptors (Lipinski definition) is 4. The molecule has 0 bridgehead atoms. The highest BCUT2D eigenvalue weighted by molar-refractivity contribution is 5.93. The van der Waals surface area contributed by atoms with Gasteiger partial charge in [0.25, 0.3) is 5.91 Å². The number of piperidine rings is 1. The van der Waals surface area contributed by atoms with E-state index in [4.69, 9.17) is 0 Å². The molecule has 0 radical (unpaired) electrons. The van der Waals surface area contributed by atoms with Gasteiger partial charge in [-0.15, -0.1) is 0 Å². The lowest BCUT2D eigenvalue weighted by Crippen LogP contribution is -2.44. The number of benzene rings is 1. The molecular formula is C21H25N3O2. The number of aromatic hydroxyl groups is 1. The molecule has 5 nitrogen and oxygen atoms in total. The summed E-state index contributed by atoms with van der Waals surface area (Å²) < 4.78 is 0. The van der Waals surface area contributed by atoms with Crippen LogP contribution in [0.4, 0.5) is 0 Å². The van der Waals surface area contributed by atoms with Crippen molar-refractivity contribution in [3.63, 3.8) is 0 Å². The van der Waals surface area contributed by atoms with Gasteiger partial charge in [-0.2, -0.15) is 0 Å². The Balaban J connectivity index is 1.42. The molecule has 5 heteroatoms. The van der Waals surface area contributed by atoms with E-state index in [-0.39, 0.29) is 17.7 Å². The third-order valence-corrected chi connectivity index (χ3v) is 5.45. The van der Waals surface area contributed by atoms with Crippen molar-refractivity contribution in [3.8, 4) is 5.75 Å². The Hall–Kier alpha value is -2.43. The minimum atomic E-state index is 0.0581. The first-order valence-electron chi connectivity index (χ1n) is 9.61. The summed E-state index contributed by atoms with van der Waals surface area (Å²) >= 11 is 0. The molecule has 0 unspecified atom stereocenters. The molecule has 2 aromatic rings. The third-order valence-electron chi connectivity index (χ3n) is 5.45. The molecule has 1 atom stereocenters. The molecule has 26 heavy (non-hydrogen) atoms. The molecule has 1 aromatic heterocycles. The van der Waals surface area contributed by atoms with Crippen LogP contribution in [0.15, 0.2) is 36.7 Å². The van der Waals surface area contributed by atoms with Gasteiger partial charge in [-0.1, -0.05) is 12.1 Å². The fourth-order valence-corrected chi connectivity index (χ4v) is 3.73. The number of aryl methyl sites for hydroxylation is 1. The second-order valence-corrected chi connectivity index (χ2v) is 7.46. The summed E-state index contributed by atoms with van der Waals surface area (Å²) in [6, 6.07) is 7.60. The van der Waals surface area contributed by atoms with Crippen molar-refractivity contribution >= 4 is 5.91 Å². The minimum Gasteiger partial charge on any atom is -0.508 e. The van der Waals surface area contributed by atoms with Crippen LogP contribution in [-0.4, -0.2) is 38.5 Å². The Morgan fingerprint density at radius 2 is 1.81 bits per heavy atom. The summed E-state index contributed by atoms with van der Waals surface area (Å²) in [5, 5.41) is 9.41. The van der Waals surface area contributed by atoms with Crippen LogP contribution in [0.1, 0.15) is 66.2 Å². The highest BCUT2D eigenvalue weighted by Gasteiger charge is 2.29. The molecule has 1 amide bonds.